The predicted octanol–water partition coefficient (Wildman–Crippen LogP) is 2.89. The molecule has 2 aliphatic rings. The van der Waals surface area contributed by atoms with Gasteiger partial charge in [0.05, 0.1) is 16.9 Å². The molecule has 0 aromatic heterocycles. The Morgan fingerprint density at radius 2 is 1.88 bits per heavy atom. The van der Waals surface area contributed by atoms with Gasteiger partial charge in [0.15, 0.2) is 0 Å². The van der Waals surface area contributed by atoms with Crippen LogP contribution in [0.5, 0.6) is 5.75 Å². The average Bonchev–Trinajstić information content (AvgIpc) is 2.72. The molecule has 11 heteroatoms. The van der Waals surface area contributed by atoms with Gasteiger partial charge in [0.1, 0.15) is 18.0 Å². The first-order chi connectivity index (χ1) is 11.9. The highest BCUT2D eigenvalue weighted by Crippen LogP contribution is 2.51. The summed E-state index contributed by atoms with van der Waals surface area (Å²) in [7, 11) is -5.93. The summed E-state index contributed by atoms with van der Waals surface area (Å²) in [6, 6.07) is 3.39. The van der Waals surface area contributed by atoms with Crippen LogP contribution in [-0.2, 0) is 16.3 Å². The highest BCUT2D eigenvalue weighted by molar-refractivity contribution is 7.92. The molecule has 0 saturated heterocycles. The van der Waals surface area contributed by atoms with Gasteiger partial charge in [-0.3, -0.25) is 0 Å². The second kappa shape index (κ2) is 5.79. The maximum absolute atomic E-state index is 13.9. The maximum atomic E-state index is 13.9. The van der Waals surface area contributed by atoms with Crippen LogP contribution in [0.4, 0.5) is 22.0 Å². The summed E-state index contributed by atoms with van der Waals surface area (Å²) < 4.78 is 95.2. The molecule has 1 fully saturated rings. The van der Waals surface area contributed by atoms with Gasteiger partial charge in [-0.05, 0) is 12.1 Å². The summed E-state index contributed by atoms with van der Waals surface area (Å²) in [4.78, 5) is -1.40. The number of sulfone groups is 1. The molecule has 2 aliphatic carbocycles. The van der Waals surface area contributed by atoms with Crippen molar-refractivity contribution >= 4 is 9.84 Å². The molecule has 1 aromatic carbocycles. The molecule has 0 aliphatic heterocycles. The van der Waals surface area contributed by atoms with E-state index in [4.69, 9.17) is 10.00 Å². The Bertz CT molecular complexity index is 885. The van der Waals surface area contributed by atoms with Gasteiger partial charge < -0.3 is 9.84 Å². The van der Waals surface area contributed by atoms with Crippen molar-refractivity contribution in [2.75, 3.05) is 0 Å². The molecule has 0 heterocycles. The van der Waals surface area contributed by atoms with Gasteiger partial charge in [-0.15, -0.1) is 0 Å². The Balaban J connectivity index is 2.06. The lowest BCUT2D eigenvalue weighted by atomic mass is 9.83. The molecule has 26 heavy (non-hydrogen) atoms. The maximum Gasteiger partial charge on any atom is 0.501 e. The van der Waals surface area contributed by atoms with Crippen LogP contribution in [0.1, 0.15) is 30.1 Å². The summed E-state index contributed by atoms with van der Waals surface area (Å²) in [6.45, 7) is 0. The number of rotatable bonds is 3. The lowest BCUT2D eigenvalue weighted by molar-refractivity contribution is -0.0979. The van der Waals surface area contributed by atoms with Gasteiger partial charge in [0, 0.05) is 30.4 Å². The second-order valence-corrected chi connectivity index (χ2v) is 8.19. The van der Waals surface area contributed by atoms with E-state index in [1.165, 1.54) is 0 Å². The smallest absolute Gasteiger partial charge is 0.490 e. The zero-order chi connectivity index (χ0) is 19.5. The standard InChI is InChI=1S/C15H12F5NO4S/c16-14(17)5-9-10(25-8-3-7(4-8)6-21)1-2-11(12(9)13(14)22)26(23,24)15(18,19)20/h1-2,7-8,13,22H,3-5H2/t7-,8-,13-/m0/s1. The third kappa shape index (κ3) is 2.81. The van der Waals surface area contributed by atoms with Gasteiger partial charge in [-0.1, -0.05) is 0 Å². The van der Waals surface area contributed by atoms with Crippen molar-refractivity contribution in [2.45, 2.75) is 47.8 Å². The van der Waals surface area contributed by atoms with Crippen LogP contribution in [0.3, 0.4) is 0 Å². The van der Waals surface area contributed by atoms with Crippen molar-refractivity contribution in [1.82, 2.24) is 0 Å². The average molecular weight is 397 g/mol. The molecule has 5 nitrogen and oxygen atoms in total. The van der Waals surface area contributed by atoms with Crippen LogP contribution in [0, 0.1) is 17.2 Å². The van der Waals surface area contributed by atoms with Gasteiger partial charge in [-0.2, -0.15) is 18.4 Å². The Morgan fingerprint density at radius 3 is 2.42 bits per heavy atom. The summed E-state index contributed by atoms with van der Waals surface area (Å²) in [5.41, 5.74) is -7.15. The topological polar surface area (TPSA) is 87.4 Å². The van der Waals surface area contributed by atoms with E-state index in [-0.39, 0.29) is 11.7 Å². The van der Waals surface area contributed by atoms with E-state index in [9.17, 15) is 35.5 Å². The fourth-order valence-electron chi connectivity index (χ4n) is 3.07. The van der Waals surface area contributed by atoms with Crippen LogP contribution >= 0.6 is 0 Å². The normalized spacial score (nSPS) is 27.3. The summed E-state index contributed by atoms with van der Waals surface area (Å²) in [5.74, 6) is -4.30. The number of hydrogen-bond donors (Lipinski definition) is 1. The number of aliphatic hydroxyl groups is 1. The minimum atomic E-state index is -5.93. The second-order valence-electron chi connectivity index (χ2n) is 6.28. The number of nitriles is 1. The first-order valence-corrected chi connectivity index (χ1v) is 8.96. The molecule has 0 unspecified atom stereocenters. The van der Waals surface area contributed by atoms with Crippen LogP contribution in [0.15, 0.2) is 17.0 Å². The van der Waals surface area contributed by atoms with E-state index < -0.39 is 55.9 Å². The summed E-state index contributed by atoms with van der Waals surface area (Å²) >= 11 is 0. The van der Waals surface area contributed by atoms with Crippen molar-refractivity contribution in [1.29, 1.82) is 5.26 Å². The molecular formula is C15H12F5NO4S. The largest absolute Gasteiger partial charge is 0.501 e. The number of nitrogens with zero attached hydrogens (tertiary/aromatic N) is 1. The molecular weight excluding hydrogens is 385 g/mol. The van der Waals surface area contributed by atoms with E-state index in [2.05, 4.69) is 0 Å². The predicted molar refractivity (Wildman–Crippen MR) is 76.0 cm³/mol. The van der Waals surface area contributed by atoms with Crippen molar-refractivity contribution in [3.63, 3.8) is 0 Å². The fraction of sp³-hybridized carbons (Fsp3) is 0.533. The van der Waals surface area contributed by atoms with Crippen LogP contribution in [-0.4, -0.2) is 31.1 Å². The molecule has 1 aromatic rings. The third-order valence-corrected chi connectivity index (χ3v) is 6.07. The van der Waals surface area contributed by atoms with Crippen LogP contribution in [0.25, 0.3) is 0 Å². The van der Waals surface area contributed by atoms with Crippen LogP contribution < -0.4 is 4.74 Å². The van der Waals surface area contributed by atoms with Gasteiger partial charge in [-0.25, -0.2) is 17.2 Å². The van der Waals surface area contributed by atoms with Gasteiger partial charge >= 0.3 is 5.51 Å². The number of fused-ring (bicyclic) bond motifs is 1. The van der Waals surface area contributed by atoms with Crippen LogP contribution in [0.2, 0.25) is 0 Å². The monoisotopic (exact) mass is 397 g/mol. The minimum absolute atomic E-state index is 0.210. The highest BCUT2D eigenvalue weighted by atomic mass is 32.2. The molecule has 3 rings (SSSR count). The molecule has 1 atom stereocenters. The number of ether oxygens (including phenoxy) is 1. The quantitative estimate of drug-likeness (QED) is 0.793. The molecule has 1 N–H and O–H groups in total. The minimum Gasteiger partial charge on any atom is -0.490 e. The Morgan fingerprint density at radius 1 is 1.27 bits per heavy atom. The lowest BCUT2D eigenvalue weighted by Gasteiger charge is -2.31. The molecule has 0 amide bonds. The zero-order valence-electron chi connectivity index (χ0n) is 12.9. The number of aliphatic hydroxyl groups excluding tert-OH is 1. The third-order valence-electron chi connectivity index (χ3n) is 4.53. The molecule has 142 valence electrons. The Kier molecular flexibility index (Phi) is 4.19. The van der Waals surface area contributed by atoms with Crippen molar-refractivity contribution in [2.24, 2.45) is 5.92 Å². The zero-order valence-corrected chi connectivity index (χ0v) is 13.7. The Labute approximate surface area is 144 Å². The van der Waals surface area contributed by atoms with E-state index in [0.29, 0.717) is 18.9 Å². The van der Waals surface area contributed by atoms with Gasteiger partial charge in [0.2, 0.25) is 0 Å². The van der Waals surface area contributed by atoms with Crippen molar-refractivity contribution in [3.05, 3.63) is 23.3 Å². The first-order valence-electron chi connectivity index (χ1n) is 7.47. The van der Waals surface area contributed by atoms with E-state index >= 15 is 0 Å². The summed E-state index contributed by atoms with van der Waals surface area (Å²) in [5, 5.41) is 18.5. The first kappa shape index (κ1) is 18.8. The molecule has 0 radical (unpaired) electrons. The SMILES string of the molecule is N#C[C@H]1C[C@H](Oc2ccc(S(=O)(=O)C(F)(F)F)c3c2CC(F)(F)[C@H]3O)C1. The number of halogens is 5. The van der Waals surface area contributed by atoms with E-state index in [0.717, 1.165) is 6.07 Å². The number of hydrogen-bond acceptors (Lipinski definition) is 5. The molecule has 0 spiro atoms. The van der Waals surface area contributed by atoms with E-state index in [1.807, 2.05) is 6.07 Å². The Hall–Kier alpha value is -1.93. The molecule has 1 saturated carbocycles. The number of benzene rings is 1. The van der Waals surface area contributed by atoms with E-state index in [1.54, 1.807) is 0 Å². The summed E-state index contributed by atoms with van der Waals surface area (Å²) in [6.07, 6.45) is -3.67. The number of alkyl halides is 5. The lowest BCUT2D eigenvalue weighted by Crippen LogP contribution is -2.33. The van der Waals surface area contributed by atoms with Crippen molar-refractivity contribution in [3.8, 4) is 11.8 Å². The molecule has 0 bridgehead atoms. The van der Waals surface area contributed by atoms with Crippen molar-refractivity contribution < 1.29 is 40.2 Å². The van der Waals surface area contributed by atoms with Gasteiger partial charge in [0.25, 0.3) is 15.8 Å². The highest BCUT2D eigenvalue weighted by Gasteiger charge is 2.55. The fourth-order valence-corrected chi connectivity index (χ4v) is 4.09.